The molecule has 172 valence electrons. The first-order valence-corrected chi connectivity index (χ1v) is 11.4. The first kappa shape index (κ1) is 22.6. The number of ether oxygens (including phenoxy) is 1. The molecule has 1 N–H and O–H groups in total. The summed E-state index contributed by atoms with van der Waals surface area (Å²) >= 11 is 0. The molecule has 3 aromatic rings. The van der Waals surface area contributed by atoms with Crippen molar-refractivity contribution >= 4 is 11.8 Å². The van der Waals surface area contributed by atoms with Crippen LogP contribution in [0.5, 0.6) is 5.75 Å². The lowest BCUT2D eigenvalue weighted by Crippen LogP contribution is -2.32. The lowest BCUT2D eigenvalue weighted by atomic mass is 10.1. The van der Waals surface area contributed by atoms with Gasteiger partial charge in [0.15, 0.2) is 5.69 Å². The average Bonchev–Trinajstić information content (AvgIpc) is 3.18. The monoisotopic (exact) mass is 447 g/mol. The molecule has 0 unspecified atom stereocenters. The fourth-order valence-electron chi connectivity index (χ4n) is 3.90. The van der Waals surface area contributed by atoms with Gasteiger partial charge in [0, 0.05) is 25.2 Å². The molecule has 1 aliphatic heterocycles. The van der Waals surface area contributed by atoms with Crippen molar-refractivity contribution in [2.24, 2.45) is 0 Å². The molecular formula is C26H29N3O4. The quantitative estimate of drug-likeness (QED) is 0.586. The maximum atomic E-state index is 12.7. The second-order valence-corrected chi connectivity index (χ2v) is 8.24. The van der Waals surface area contributed by atoms with Gasteiger partial charge in [0.05, 0.1) is 13.5 Å². The van der Waals surface area contributed by atoms with Gasteiger partial charge in [-0.1, -0.05) is 37.1 Å². The molecule has 33 heavy (non-hydrogen) atoms. The van der Waals surface area contributed by atoms with Crippen LogP contribution < -0.4 is 10.1 Å². The van der Waals surface area contributed by atoms with E-state index in [4.69, 9.17) is 9.15 Å². The van der Waals surface area contributed by atoms with Gasteiger partial charge in [0.1, 0.15) is 12.0 Å². The average molecular weight is 448 g/mol. The Morgan fingerprint density at radius 1 is 0.970 bits per heavy atom. The predicted molar refractivity (Wildman–Crippen MR) is 125 cm³/mol. The smallest absolute Gasteiger partial charge is 0.275 e. The first-order valence-electron chi connectivity index (χ1n) is 11.4. The van der Waals surface area contributed by atoms with Gasteiger partial charge < -0.3 is 19.4 Å². The number of aromatic nitrogens is 1. The van der Waals surface area contributed by atoms with Crippen molar-refractivity contribution in [2.45, 2.75) is 38.6 Å². The van der Waals surface area contributed by atoms with E-state index >= 15 is 0 Å². The zero-order valence-electron chi connectivity index (χ0n) is 18.9. The second kappa shape index (κ2) is 10.8. The van der Waals surface area contributed by atoms with Gasteiger partial charge in [-0.25, -0.2) is 4.98 Å². The number of methoxy groups -OCH3 is 1. The van der Waals surface area contributed by atoms with Crippen LogP contribution in [0.4, 0.5) is 0 Å². The van der Waals surface area contributed by atoms with E-state index in [2.05, 4.69) is 10.3 Å². The van der Waals surface area contributed by atoms with Crippen LogP contribution in [-0.4, -0.2) is 41.9 Å². The Labute approximate surface area is 193 Å². The van der Waals surface area contributed by atoms with Gasteiger partial charge in [-0.2, -0.15) is 0 Å². The lowest BCUT2D eigenvalue weighted by Gasteiger charge is -2.18. The zero-order valence-corrected chi connectivity index (χ0v) is 18.9. The fourth-order valence-corrected chi connectivity index (χ4v) is 3.90. The molecule has 0 bridgehead atoms. The molecule has 1 fully saturated rings. The molecule has 0 spiro atoms. The second-order valence-electron chi connectivity index (χ2n) is 8.24. The summed E-state index contributed by atoms with van der Waals surface area (Å²) in [7, 11) is 1.62. The molecule has 2 aromatic carbocycles. The number of carbonyl (C=O) groups is 2. The Morgan fingerprint density at radius 2 is 1.64 bits per heavy atom. The highest BCUT2D eigenvalue weighted by Crippen LogP contribution is 2.21. The number of rotatable bonds is 7. The summed E-state index contributed by atoms with van der Waals surface area (Å²) in [5.74, 6) is 1.07. The number of benzene rings is 2. The van der Waals surface area contributed by atoms with E-state index < -0.39 is 0 Å². The Kier molecular flexibility index (Phi) is 7.40. The van der Waals surface area contributed by atoms with Crippen LogP contribution in [0.1, 0.15) is 47.3 Å². The molecule has 2 amide bonds. The largest absolute Gasteiger partial charge is 0.497 e. The van der Waals surface area contributed by atoms with Crippen molar-refractivity contribution in [3.05, 3.63) is 71.6 Å². The summed E-state index contributed by atoms with van der Waals surface area (Å²) in [4.78, 5) is 31.2. The SMILES string of the molecule is COc1ccc(CC(=O)NCc2ccc(-c3nc(C(=O)N4CCCCCC4)co3)cc2)cc1. The van der Waals surface area contributed by atoms with Crippen molar-refractivity contribution in [3.8, 4) is 17.2 Å². The standard InChI is InChI=1S/C26H29N3O4/c1-32-22-12-8-19(9-13-22)16-24(30)27-17-20-6-10-21(11-7-20)25-28-23(18-33-25)26(31)29-14-4-2-3-5-15-29/h6-13,18H,2-5,14-17H2,1H3,(H,27,30). The highest BCUT2D eigenvalue weighted by atomic mass is 16.5. The number of hydrogen-bond acceptors (Lipinski definition) is 5. The molecule has 1 aliphatic rings. The first-order chi connectivity index (χ1) is 16.1. The molecule has 1 aromatic heterocycles. The normalized spacial score (nSPS) is 13.9. The van der Waals surface area contributed by atoms with E-state index in [1.54, 1.807) is 7.11 Å². The van der Waals surface area contributed by atoms with Crippen LogP contribution in [0.2, 0.25) is 0 Å². The maximum absolute atomic E-state index is 12.7. The van der Waals surface area contributed by atoms with E-state index in [1.807, 2.05) is 53.4 Å². The third-order valence-corrected chi connectivity index (χ3v) is 5.83. The number of carbonyl (C=O) groups excluding carboxylic acids is 2. The van der Waals surface area contributed by atoms with Crippen LogP contribution in [0.25, 0.3) is 11.5 Å². The molecule has 0 radical (unpaired) electrons. The molecular weight excluding hydrogens is 418 g/mol. The number of likely N-dealkylation sites (tertiary alicyclic amines) is 1. The fraction of sp³-hybridized carbons (Fsp3) is 0.346. The predicted octanol–water partition coefficient (Wildman–Crippen LogP) is 4.23. The highest BCUT2D eigenvalue weighted by molar-refractivity contribution is 5.92. The summed E-state index contributed by atoms with van der Waals surface area (Å²) in [5.41, 5.74) is 3.03. The molecule has 7 nitrogen and oxygen atoms in total. The summed E-state index contributed by atoms with van der Waals surface area (Å²) in [6.45, 7) is 1.99. The van der Waals surface area contributed by atoms with Crippen molar-refractivity contribution in [3.63, 3.8) is 0 Å². The van der Waals surface area contributed by atoms with Crippen LogP contribution in [0.3, 0.4) is 0 Å². The molecule has 0 saturated carbocycles. The number of oxazole rings is 1. The minimum atomic E-state index is -0.0666. The van der Waals surface area contributed by atoms with Crippen molar-refractivity contribution in [2.75, 3.05) is 20.2 Å². The maximum Gasteiger partial charge on any atom is 0.275 e. The van der Waals surface area contributed by atoms with Crippen molar-refractivity contribution in [1.82, 2.24) is 15.2 Å². The summed E-state index contributed by atoms with van der Waals surface area (Å²) in [6, 6.07) is 15.1. The molecule has 1 saturated heterocycles. The number of amides is 2. The number of nitrogens with one attached hydrogen (secondary N) is 1. The molecule has 4 rings (SSSR count). The Balaban J connectivity index is 1.30. The van der Waals surface area contributed by atoms with Gasteiger partial charge in [0.25, 0.3) is 5.91 Å². The van der Waals surface area contributed by atoms with Crippen LogP contribution in [0.15, 0.2) is 59.2 Å². The summed E-state index contributed by atoms with van der Waals surface area (Å²) in [6.07, 6.45) is 6.16. The molecule has 0 aliphatic carbocycles. The Hall–Kier alpha value is -3.61. The van der Waals surface area contributed by atoms with Crippen molar-refractivity contribution < 1.29 is 18.7 Å². The number of hydrogen-bond donors (Lipinski definition) is 1. The minimum Gasteiger partial charge on any atom is -0.497 e. The van der Waals surface area contributed by atoms with Gasteiger partial charge in [0.2, 0.25) is 11.8 Å². The highest BCUT2D eigenvalue weighted by Gasteiger charge is 2.21. The summed E-state index contributed by atoms with van der Waals surface area (Å²) < 4.78 is 10.7. The van der Waals surface area contributed by atoms with Crippen LogP contribution >= 0.6 is 0 Å². The Bertz CT molecular complexity index is 1070. The van der Waals surface area contributed by atoms with E-state index in [0.29, 0.717) is 24.6 Å². The van der Waals surface area contributed by atoms with Crippen molar-refractivity contribution in [1.29, 1.82) is 0 Å². The molecule has 7 heteroatoms. The summed E-state index contributed by atoms with van der Waals surface area (Å²) in [5, 5.41) is 2.94. The molecule has 0 atom stereocenters. The topological polar surface area (TPSA) is 84.7 Å². The third kappa shape index (κ3) is 6.00. The van der Waals surface area contributed by atoms with E-state index in [0.717, 1.165) is 48.4 Å². The van der Waals surface area contributed by atoms with Gasteiger partial charge in [-0.05, 0) is 48.2 Å². The van der Waals surface area contributed by atoms with Crippen LogP contribution in [0, 0.1) is 0 Å². The van der Waals surface area contributed by atoms with E-state index in [9.17, 15) is 9.59 Å². The molecule has 2 heterocycles. The van der Waals surface area contributed by atoms with E-state index in [1.165, 1.54) is 19.1 Å². The third-order valence-electron chi connectivity index (χ3n) is 5.83. The minimum absolute atomic E-state index is 0.0476. The van der Waals surface area contributed by atoms with E-state index in [-0.39, 0.29) is 11.8 Å². The van der Waals surface area contributed by atoms with Gasteiger partial charge >= 0.3 is 0 Å². The zero-order chi connectivity index (χ0) is 23.0. The van der Waals surface area contributed by atoms with Gasteiger partial charge in [-0.15, -0.1) is 0 Å². The van der Waals surface area contributed by atoms with Gasteiger partial charge in [-0.3, -0.25) is 9.59 Å². The lowest BCUT2D eigenvalue weighted by molar-refractivity contribution is -0.120. The number of nitrogens with zero attached hydrogens (tertiary/aromatic N) is 2. The Morgan fingerprint density at radius 3 is 2.30 bits per heavy atom. The van der Waals surface area contributed by atoms with Crippen LogP contribution in [-0.2, 0) is 17.8 Å².